The molecule has 0 fully saturated rings. The number of aromatic hydroxyl groups is 1. The molecule has 0 atom stereocenters. The topological polar surface area (TPSA) is 78.3 Å². The fourth-order valence-electron chi connectivity index (χ4n) is 1.66. The lowest BCUT2D eigenvalue weighted by molar-refractivity contribution is 0.278. The van der Waals surface area contributed by atoms with Crippen LogP contribution in [0.3, 0.4) is 0 Å². The Morgan fingerprint density at radius 2 is 2.17 bits per heavy atom. The normalized spacial score (nSPS) is 10.8. The van der Waals surface area contributed by atoms with E-state index in [2.05, 4.69) is 15.3 Å². The molecule has 2 aromatic heterocycles. The van der Waals surface area contributed by atoms with Crippen LogP contribution in [0.15, 0.2) is 17.9 Å². The molecule has 2 rings (SSSR count). The number of hydrogen-bond acceptors (Lipinski definition) is 6. The van der Waals surface area contributed by atoms with E-state index in [-0.39, 0.29) is 12.4 Å². The number of pyridine rings is 1. The van der Waals surface area contributed by atoms with Crippen molar-refractivity contribution in [3.8, 4) is 5.75 Å². The molecule has 0 aliphatic rings. The first-order valence-corrected chi connectivity index (χ1v) is 6.45. The van der Waals surface area contributed by atoms with E-state index in [4.69, 9.17) is 0 Å². The Bertz CT molecular complexity index is 514. The van der Waals surface area contributed by atoms with Gasteiger partial charge in [0.15, 0.2) is 0 Å². The predicted octanol–water partition coefficient (Wildman–Crippen LogP) is 1.33. The minimum Gasteiger partial charge on any atom is -0.506 e. The van der Waals surface area contributed by atoms with Gasteiger partial charge < -0.3 is 15.5 Å². The molecule has 0 radical (unpaired) electrons. The minimum atomic E-state index is -0.127. The number of hydrogen-bond donors (Lipinski definition) is 3. The highest BCUT2D eigenvalue weighted by atomic mass is 32.1. The van der Waals surface area contributed by atoms with Crippen molar-refractivity contribution in [3.05, 3.63) is 39.6 Å². The van der Waals surface area contributed by atoms with Crippen LogP contribution in [0, 0.1) is 6.92 Å². The highest BCUT2D eigenvalue weighted by Crippen LogP contribution is 2.23. The van der Waals surface area contributed by atoms with Gasteiger partial charge in [-0.2, -0.15) is 0 Å². The van der Waals surface area contributed by atoms with Gasteiger partial charge in [0.25, 0.3) is 0 Å². The Morgan fingerprint density at radius 3 is 2.83 bits per heavy atom. The number of aryl methyl sites for hydroxylation is 1. The first-order valence-electron chi connectivity index (χ1n) is 5.57. The van der Waals surface area contributed by atoms with Crippen LogP contribution >= 0.6 is 11.3 Å². The number of aliphatic hydroxyl groups is 1. The quantitative estimate of drug-likeness (QED) is 0.760. The van der Waals surface area contributed by atoms with Gasteiger partial charge >= 0.3 is 0 Å². The molecule has 2 heterocycles. The third kappa shape index (κ3) is 2.84. The molecule has 0 unspecified atom stereocenters. The highest BCUT2D eigenvalue weighted by molar-refractivity contribution is 7.09. The molecule has 0 spiro atoms. The van der Waals surface area contributed by atoms with Crippen molar-refractivity contribution in [1.29, 1.82) is 0 Å². The lowest BCUT2D eigenvalue weighted by Crippen LogP contribution is -2.14. The van der Waals surface area contributed by atoms with Gasteiger partial charge in [-0.05, 0) is 6.92 Å². The number of nitrogens with zero attached hydrogens (tertiary/aromatic N) is 2. The molecular formula is C12H15N3O2S. The van der Waals surface area contributed by atoms with Crippen LogP contribution in [0.4, 0.5) is 0 Å². The third-order valence-electron chi connectivity index (χ3n) is 2.69. The number of thiazole rings is 1. The van der Waals surface area contributed by atoms with Gasteiger partial charge in [0, 0.05) is 41.5 Å². The molecule has 96 valence electrons. The second-order valence-corrected chi connectivity index (χ2v) is 4.90. The molecule has 0 saturated carbocycles. The molecule has 0 aliphatic carbocycles. The van der Waals surface area contributed by atoms with Crippen molar-refractivity contribution < 1.29 is 10.2 Å². The molecule has 0 saturated heterocycles. The Labute approximate surface area is 109 Å². The average molecular weight is 265 g/mol. The zero-order chi connectivity index (χ0) is 13.0. The van der Waals surface area contributed by atoms with Crippen LogP contribution in [0.25, 0.3) is 0 Å². The summed E-state index contributed by atoms with van der Waals surface area (Å²) in [7, 11) is 0. The van der Waals surface area contributed by atoms with Crippen molar-refractivity contribution in [2.75, 3.05) is 0 Å². The van der Waals surface area contributed by atoms with E-state index in [1.807, 2.05) is 6.20 Å². The second kappa shape index (κ2) is 5.90. The Morgan fingerprint density at radius 1 is 1.33 bits per heavy atom. The summed E-state index contributed by atoms with van der Waals surface area (Å²) < 4.78 is 0. The maximum atomic E-state index is 9.94. The number of aromatic nitrogens is 2. The molecule has 0 bridgehead atoms. The summed E-state index contributed by atoms with van der Waals surface area (Å²) in [5, 5.41) is 22.4. The summed E-state index contributed by atoms with van der Waals surface area (Å²) in [5.74, 6) is 0.151. The van der Waals surface area contributed by atoms with Gasteiger partial charge in [-0.1, -0.05) is 0 Å². The standard InChI is InChI=1S/C12H15N3O2S/c1-8-12(17)11(9(6-16)2-15-8)5-13-3-10-4-14-7-18-10/h2,4,7,13,16-17H,3,5-6H2,1H3. The van der Waals surface area contributed by atoms with Gasteiger partial charge in [-0.3, -0.25) is 9.97 Å². The first-order chi connectivity index (χ1) is 8.72. The molecular weight excluding hydrogens is 250 g/mol. The van der Waals surface area contributed by atoms with Crippen molar-refractivity contribution in [2.45, 2.75) is 26.6 Å². The predicted molar refractivity (Wildman–Crippen MR) is 69.2 cm³/mol. The SMILES string of the molecule is Cc1ncc(CO)c(CNCc2cncs2)c1O. The van der Waals surface area contributed by atoms with Crippen LogP contribution in [-0.4, -0.2) is 20.2 Å². The molecule has 0 aliphatic heterocycles. The molecule has 2 aromatic rings. The smallest absolute Gasteiger partial charge is 0.141 e. The van der Waals surface area contributed by atoms with Crippen molar-refractivity contribution in [2.24, 2.45) is 0 Å². The van der Waals surface area contributed by atoms with Crippen LogP contribution in [0.5, 0.6) is 5.75 Å². The summed E-state index contributed by atoms with van der Waals surface area (Å²) in [6.07, 6.45) is 3.40. The summed E-state index contributed by atoms with van der Waals surface area (Å²) in [5.41, 5.74) is 3.70. The Hall–Kier alpha value is -1.50. The van der Waals surface area contributed by atoms with E-state index in [1.165, 1.54) is 0 Å². The van der Waals surface area contributed by atoms with Crippen molar-refractivity contribution >= 4 is 11.3 Å². The van der Waals surface area contributed by atoms with Gasteiger partial charge in [-0.25, -0.2) is 0 Å². The molecule has 6 heteroatoms. The minimum absolute atomic E-state index is 0.127. The van der Waals surface area contributed by atoms with E-state index < -0.39 is 0 Å². The fourth-order valence-corrected chi connectivity index (χ4v) is 2.22. The lowest BCUT2D eigenvalue weighted by Gasteiger charge is -2.11. The van der Waals surface area contributed by atoms with E-state index in [0.29, 0.717) is 29.9 Å². The van der Waals surface area contributed by atoms with E-state index in [0.717, 1.165) is 4.88 Å². The molecule has 0 amide bonds. The zero-order valence-corrected chi connectivity index (χ0v) is 10.9. The van der Waals surface area contributed by atoms with Gasteiger partial charge in [0.2, 0.25) is 0 Å². The average Bonchev–Trinajstić information content (AvgIpc) is 2.88. The summed E-state index contributed by atoms with van der Waals surface area (Å²) in [4.78, 5) is 9.15. The Kier molecular flexibility index (Phi) is 4.24. The second-order valence-electron chi connectivity index (χ2n) is 3.93. The summed E-state index contributed by atoms with van der Waals surface area (Å²) in [6, 6.07) is 0. The maximum absolute atomic E-state index is 9.94. The van der Waals surface area contributed by atoms with Crippen LogP contribution in [0.1, 0.15) is 21.7 Å². The first kappa shape index (κ1) is 12.9. The summed E-state index contributed by atoms with van der Waals surface area (Å²) >= 11 is 1.58. The van der Waals surface area contributed by atoms with Gasteiger partial charge in [-0.15, -0.1) is 11.3 Å². The molecule has 18 heavy (non-hydrogen) atoms. The largest absolute Gasteiger partial charge is 0.506 e. The summed E-state index contributed by atoms with van der Waals surface area (Å²) in [6.45, 7) is 2.79. The maximum Gasteiger partial charge on any atom is 0.141 e. The number of rotatable bonds is 5. The van der Waals surface area contributed by atoms with Crippen LogP contribution in [-0.2, 0) is 19.7 Å². The highest BCUT2D eigenvalue weighted by Gasteiger charge is 2.10. The van der Waals surface area contributed by atoms with E-state index in [1.54, 1.807) is 30.0 Å². The van der Waals surface area contributed by atoms with E-state index in [9.17, 15) is 10.2 Å². The van der Waals surface area contributed by atoms with Crippen molar-refractivity contribution in [3.63, 3.8) is 0 Å². The van der Waals surface area contributed by atoms with E-state index >= 15 is 0 Å². The number of aliphatic hydroxyl groups excluding tert-OH is 1. The molecule has 5 nitrogen and oxygen atoms in total. The third-order valence-corrected chi connectivity index (χ3v) is 3.46. The van der Waals surface area contributed by atoms with Crippen LogP contribution in [0.2, 0.25) is 0 Å². The van der Waals surface area contributed by atoms with Crippen LogP contribution < -0.4 is 5.32 Å². The fraction of sp³-hybridized carbons (Fsp3) is 0.333. The lowest BCUT2D eigenvalue weighted by atomic mass is 10.1. The molecule has 3 N–H and O–H groups in total. The number of nitrogens with one attached hydrogen (secondary N) is 1. The monoisotopic (exact) mass is 265 g/mol. The Balaban J connectivity index is 2.06. The van der Waals surface area contributed by atoms with Gasteiger partial charge in [0.05, 0.1) is 17.8 Å². The zero-order valence-electron chi connectivity index (χ0n) is 10.1. The van der Waals surface area contributed by atoms with Gasteiger partial charge in [0.1, 0.15) is 5.75 Å². The molecule has 0 aromatic carbocycles. The van der Waals surface area contributed by atoms with Crippen molar-refractivity contribution in [1.82, 2.24) is 15.3 Å².